The number of alkyl halides is 1. The highest BCUT2D eigenvalue weighted by Gasteiger charge is 2.22. The summed E-state index contributed by atoms with van der Waals surface area (Å²) in [7, 11) is 0. The summed E-state index contributed by atoms with van der Waals surface area (Å²) < 4.78 is 0. The monoisotopic (exact) mass is 253 g/mol. The molecule has 1 aliphatic heterocycles. The van der Waals surface area contributed by atoms with Gasteiger partial charge in [-0.2, -0.15) is 0 Å². The van der Waals surface area contributed by atoms with E-state index in [1.807, 2.05) is 6.20 Å². The molecule has 0 aliphatic carbocycles. The standard InChI is InChI=1S/C13H20ClN3/c1-9(2)13-15-7-12(11(6-14)16-13)17-5-4-10(3)8-17/h7,9-10H,4-6,8H2,1-3H3. The molecule has 0 bridgehead atoms. The molecule has 17 heavy (non-hydrogen) atoms. The normalized spacial score (nSPS) is 20.3. The van der Waals surface area contributed by atoms with Crippen molar-refractivity contribution in [1.82, 2.24) is 9.97 Å². The molecule has 0 saturated carbocycles. The van der Waals surface area contributed by atoms with Gasteiger partial charge in [-0.05, 0) is 12.3 Å². The number of hydrogen-bond acceptors (Lipinski definition) is 3. The minimum absolute atomic E-state index is 0.350. The quantitative estimate of drug-likeness (QED) is 0.775. The van der Waals surface area contributed by atoms with Crippen molar-refractivity contribution in [2.24, 2.45) is 5.92 Å². The summed E-state index contributed by atoms with van der Waals surface area (Å²) in [5.74, 6) is 2.45. The van der Waals surface area contributed by atoms with Crippen LogP contribution < -0.4 is 4.90 Å². The fourth-order valence-electron chi connectivity index (χ4n) is 2.22. The smallest absolute Gasteiger partial charge is 0.131 e. The van der Waals surface area contributed by atoms with Crippen LogP contribution in [0.2, 0.25) is 0 Å². The SMILES string of the molecule is CC1CCN(c2cnc(C(C)C)nc2CCl)C1. The summed E-state index contributed by atoms with van der Waals surface area (Å²) >= 11 is 6.01. The van der Waals surface area contributed by atoms with Crippen LogP contribution in [0.5, 0.6) is 0 Å². The molecule has 2 rings (SSSR count). The molecule has 1 fully saturated rings. The lowest BCUT2D eigenvalue weighted by Crippen LogP contribution is -2.21. The highest BCUT2D eigenvalue weighted by Crippen LogP contribution is 2.27. The summed E-state index contributed by atoms with van der Waals surface area (Å²) in [6, 6.07) is 0. The Morgan fingerprint density at radius 1 is 1.53 bits per heavy atom. The maximum Gasteiger partial charge on any atom is 0.131 e. The molecule has 1 unspecified atom stereocenters. The maximum atomic E-state index is 6.01. The van der Waals surface area contributed by atoms with Gasteiger partial charge in [0.25, 0.3) is 0 Å². The van der Waals surface area contributed by atoms with Crippen LogP contribution in [-0.4, -0.2) is 23.1 Å². The van der Waals surface area contributed by atoms with Gasteiger partial charge in [-0.3, -0.25) is 0 Å². The second kappa shape index (κ2) is 5.21. The number of nitrogens with zero attached hydrogens (tertiary/aromatic N) is 3. The zero-order chi connectivity index (χ0) is 12.4. The number of rotatable bonds is 3. The van der Waals surface area contributed by atoms with Crippen LogP contribution in [0.4, 0.5) is 5.69 Å². The van der Waals surface area contributed by atoms with Crippen LogP contribution in [0.1, 0.15) is 44.6 Å². The zero-order valence-corrected chi connectivity index (χ0v) is 11.5. The number of halogens is 1. The Hall–Kier alpha value is -0.830. The van der Waals surface area contributed by atoms with Crippen molar-refractivity contribution in [2.45, 2.75) is 39.0 Å². The molecule has 0 amide bonds. The van der Waals surface area contributed by atoms with E-state index in [4.69, 9.17) is 11.6 Å². The molecule has 1 aromatic heterocycles. The molecule has 4 heteroatoms. The Morgan fingerprint density at radius 2 is 2.29 bits per heavy atom. The van der Waals surface area contributed by atoms with Crippen molar-refractivity contribution in [1.29, 1.82) is 0 Å². The molecular weight excluding hydrogens is 234 g/mol. The van der Waals surface area contributed by atoms with E-state index >= 15 is 0 Å². The van der Waals surface area contributed by atoms with Gasteiger partial charge in [-0.25, -0.2) is 9.97 Å². The molecular formula is C13H20ClN3. The van der Waals surface area contributed by atoms with Gasteiger partial charge in [0.05, 0.1) is 23.5 Å². The molecule has 1 aromatic rings. The van der Waals surface area contributed by atoms with E-state index in [1.165, 1.54) is 6.42 Å². The Balaban J connectivity index is 2.28. The van der Waals surface area contributed by atoms with Crippen molar-refractivity contribution in [2.75, 3.05) is 18.0 Å². The van der Waals surface area contributed by atoms with Crippen LogP contribution in [0.15, 0.2) is 6.20 Å². The van der Waals surface area contributed by atoms with E-state index in [-0.39, 0.29) is 0 Å². The molecule has 0 N–H and O–H groups in total. The van der Waals surface area contributed by atoms with Crippen LogP contribution >= 0.6 is 11.6 Å². The van der Waals surface area contributed by atoms with Crippen molar-refractivity contribution in [3.8, 4) is 0 Å². The molecule has 0 spiro atoms. The van der Waals surface area contributed by atoms with Crippen molar-refractivity contribution >= 4 is 17.3 Å². The van der Waals surface area contributed by atoms with E-state index in [2.05, 4.69) is 35.6 Å². The fraction of sp³-hybridized carbons (Fsp3) is 0.692. The summed E-state index contributed by atoms with van der Waals surface area (Å²) in [5, 5.41) is 0. The van der Waals surface area contributed by atoms with E-state index < -0.39 is 0 Å². The van der Waals surface area contributed by atoms with Crippen molar-refractivity contribution in [3.05, 3.63) is 17.7 Å². The molecule has 0 aromatic carbocycles. The first kappa shape index (κ1) is 12.6. The van der Waals surface area contributed by atoms with Gasteiger partial charge in [0.2, 0.25) is 0 Å². The van der Waals surface area contributed by atoms with Gasteiger partial charge in [0.15, 0.2) is 0 Å². The molecule has 0 radical (unpaired) electrons. The predicted octanol–water partition coefficient (Wildman–Crippen LogP) is 3.19. The summed E-state index contributed by atoms with van der Waals surface area (Å²) in [4.78, 5) is 11.4. The topological polar surface area (TPSA) is 29.0 Å². The maximum absolute atomic E-state index is 6.01. The van der Waals surface area contributed by atoms with Crippen LogP contribution in [-0.2, 0) is 5.88 Å². The van der Waals surface area contributed by atoms with Crippen LogP contribution in [0.3, 0.4) is 0 Å². The zero-order valence-electron chi connectivity index (χ0n) is 10.8. The summed E-state index contributed by atoms with van der Waals surface area (Å²) in [5.41, 5.74) is 2.09. The fourth-order valence-corrected chi connectivity index (χ4v) is 2.42. The molecule has 94 valence electrons. The number of aromatic nitrogens is 2. The first-order valence-electron chi connectivity index (χ1n) is 6.28. The average molecular weight is 254 g/mol. The lowest BCUT2D eigenvalue weighted by atomic mass is 10.2. The third kappa shape index (κ3) is 2.71. The Morgan fingerprint density at radius 3 is 2.82 bits per heavy atom. The highest BCUT2D eigenvalue weighted by molar-refractivity contribution is 6.17. The predicted molar refractivity (Wildman–Crippen MR) is 71.7 cm³/mol. The Bertz CT molecular complexity index is 392. The van der Waals surface area contributed by atoms with Gasteiger partial charge in [-0.15, -0.1) is 11.6 Å². The van der Waals surface area contributed by atoms with Gasteiger partial charge >= 0.3 is 0 Å². The van der Waals surface area contributed by atoms with E-state index in [1.54, 1.807) is 0 Å². The second-order valence-corrected chi connectivity index (χ2v) is 5.46. The van der Waals surface area contributed by atoms with Crippen molar-refractivity contribution in [3.63, 3.8) is 0 Å². The first-order chi connectivity index (χ1) is 8.11. The first-order valence-corrected chi connectivity index (χ1v) is 6.82. The molecule has 1 saturated heterocycles. The van der Waals surface area contributed by atoms with Gasteiger partial charge < -0.3 is 4.90 Å². The van der Waals surface area contributed by atoms with E-state index in [0.29, 0.717) is 11.8 Å². The molecule has 3 nitrogen and oxygen atoms in total. The van der Waals surface area contributed by atoms with Crippen LogP contribution in [0, 0.1) is 5.92 Å². The minimum atomic E-state index is 0.350. The lowest BCUT2D eigenvalue weighted by Gasteiger charge is -2.20. The van der Waals surface area contributed by atoms with Crippen LogP contribution in [0.25, 0.3) is 0 Å². The summed E-state index contributed by atoms with van der Waals surface area (Å²) in [6.45, 7) is 8.67. The summed E-state index contributed by atoms with van der Waals surface area (Å²) in [6.07, 6.45) is 3.19. The van der Waals surface area contributed by atoms with Gasteiger partial charge in [0, 0.05) is 19.0 Å². The number of hydrogen-bond donors (Lipinski definition) is 0. The molecule has 2 heterocycles. The van der Waals surface area contributed by atoms with E-state index in [9.17, 15) is 0 Å². The highest BCUT2D eigenvalue weighted by atomic mass is 35.5. The van der Waals surface area contributed by atoms with E-state index in [0.717, 1.165) is 36.2 Å². The Labute approximate surface area is 108 Å². The van der Waals surface area contributed by atoms with Gasteiger partial charge in [0.1, 0.15) is 5.82 Å². The third-order valence-corrected chi connectivity index (χ3v) is 3.52. The number of anilines is 1. The lowest BCUT2D eigenvalue weighted by molar-refractivity contribution is 0.659. The largest absolute Gasteiger partial charge is 0.368 e. The average Bonchev–Trinajstić information content (AvgIpc) is 2.74. The molecule has 1 aliphatic rings. The molecule has 1 atom stereocenters. The third-order valence-electron chi connectivity index (χ3n) is 3.27. The minimum Gasteiger partial charge on any atom is -0.368 e. The Kier molecular flexibility index (Phi) is 3.87. The van der Waals surface area contributed by atoms with Gasteiger partial charge in [-0.1, -0.05) is 20.8 Å². The second-order valence-electron chi connectivity index (χ2n) is 5.19. The van der Waals surface area contributed by atoms with Crippen molar-refractivity contribution < 1.29 is 0 Å².